The second-order valence-electron chi connectivity index (χ2n) is 3.92. The van der Waals surface area contributed by atoms with Gasteiger partial charge in [0.2, 0.25) is 0 Å². The number of rotatable bonds is 5. The van der Waals surface area contributed by atoms with Gasteiger partial charge in [0.1, 0.15) is 0 Å². The summed E-state index contributed by atoms with van der Waals surface area (Å²) in [5.41, 5.74) is 4.63. The number of aliphatic carboxylic acids is 1. The van der Waals surface area contributed by atoms with Gasteiger partial charge in [0.05, 0.1) is 0 Å². The molecule has 1 aromatic rings. The number of benzene rings is 1. The van der Waals surface area contributed by atoms with Crippen LogP contribution >= 0.6 is 0 Å². The molecular formula is C12H15NO3. The highest BCUT2D eigenvalue weighted by Gasteiger charge is 2.35. The van der Waals surface area contributed by atoms with Gasteiger partial charge in [-0.2, -0.15) is 0 Å². The Labute approximate surface area is 94.1 Å². The highest BCUT2D eigenvalue weighted by atomic mass is 16.4. The molecule has 0 aromatic heterocycles. The van der Waals surface area contributed by atoms with Crippen LogP contribution in [0.2, 0.25) is 0 Å². The van der Waals surface area contributed by atoms with Gasteiger partial charge in [-0.15, -0.1) is 0 Å². The zero-order valence-electron chi connectivity index (χ0n) is 9.14. The molecule has 86 valence electrons. The molecule has 0 saturated heterocycles. The zero-order chi connectivity index (χ0) is 12.2. The van der Waals surface area contributed by atoms with Gasteiger partial charge in [0.25, 0.3) is 0 Å². The summed E-state index contributed by atoms with van der Waals surface area (Å²) in [6, 6.07) is 9.41. The number of carboxylic acid groups (broad SMARTS) is 1. The van der Waals surface area contributed by atoms with Gasteiger partial charge < -0.3 is 10.8 Å². The van der Waals surface area contributed by atoms with E-state index in [0.29, 0.717) is 6.42 Å². The summed E-state index contributed by atoms with van der Waals surface area (Å²) >= 11 is 0. The third kappa shape index (κ3) is 2.90. The predicted octanol–water partition coefficient (Wildman–Crippen LogP) is 0.990. The second kappa shape index (κ2) is 4.90. The van der Waals surface area contributed by atoms with Crippen LogP contribution in [0, 0.1) is 0 Å². The summed E-state index contributed by atoms with van der Waals surface area (Å²) in [7, 11) is 0. The van der Waals surface area contributed by atoms with E-state index in [4.69, 9.17) is 10.8 Å². The Bertz CT molecular complexity index is 385. The fourth-order valence-electron chi connectivity index (χ4n) is 1.28. The monoisotopic (exact) mass is 221 g/mol. The van der Waals surface area contributed by atoms with Crippen LogP contribution in [0.15, 0.2) is 30.3 Å². The Morgan fingerprint density at radius 2 is 1.88 bits per heavy atom. The van der Waals surface area contributed by atoms with Gasteiger partial charge in [0.15, 0.2) is 11.3 Å². The van der Waals surface area contributed by atoms with Crippen molar-refractivity contribution in [1.82, 2.24) is 0 Å². The molecule has 0 heterocycles. The normalized spacial score (nSPS) is 14.1. The van der Waals surface area contributed by atoms with Crippen molar-refractivity contribution in [3.63, 3.8) is 0 Å². The van der Waals surface area contributed by atoms with Gasteiger partial charge in [-0.1, -0.05) is 30.3 Å². The maximum atomic E-state index is 11.6. The van der Waals surface area contributed by atoms with Crippen LogP contribution in [-0.2, 0) is 16.0 Å². The topological polar surface area (TPSA) is 80.4 Å². The molecule has 1 atom stereocenters. The molecule has 4 heteroatoms. The van der Waals surface area contributed by atoms with Gasteiger partial charge in [-0.3, -0.25) is 4.79 Å². The van der Waals surface area contributed by atoms with Crippen LogP contribution in [-0.4, -0.2) is 22.4 Å². The predicted molar refractivity (Wildman–Crippen MR) is 60.0 cm³/mol. The van der Waals surface area contributed by atoms with Crippen LogP contribution in [0.25, 0.3) is 0 Å². The Kier molecular flexibility index (Phi) is 3.79. The maximum Gasteiger partial charge on any atom is 0.331 e. The first-order chi connectivity index (χ1) is 7.44. The molecule has 3 N–H and O–H groups in total. The van der Waals surface area contributed by atoms with Gasteiger partial charge in [-0.25, -0.2) is 4.79 Å². The molecule has 0 fully saturated rings. The first kappa shape index (κ1) is 12.4. The number of Topliss-reactive ketones (excluding diaryl/α,β-unsaturated/α-hetero) is 1. The number of nitrogens with two attached hydrogens (primary N) is 1. The van der Waals surface area contributed by atoms with Crippen molar-refractivity contribution in [2.24, 2.45) is 5.73 Å². The maximum absolute atomic E-state index is 11.6. The lowest BCUT2D eigenvalue weighted by molar-refractivity contribution is -0.147. The van der Waals surface area contributed by atoms with Crippen molar-refractivity contribution in [2.75, 3.05) is 0 Å². The van der Waals surface area contributed by atoms with Crippen molar-refractivity contribution in [3.8, 4) is 0 Å². The SMILES string of the molecule is CC(N)(C(=O)O)C(=O)CCc1ccccc1. The molecule has 16 heavy (non-hydrogen) atoms. The molecule has 0 amide bonds. The molecular weight excluding hydrogens is 206 g/mol. The first-order valence-corrected chi connectivity index (χ1v) is 5.04. The summed E-state index contributed by atoms with van der Waals surface area (Å²) in [6.07, 6.45) is 0.656. The number of ketones is 1. The molecule has 0 aliphatic heterocycles. The van der Waals surface area contributed by atoms with E-state index in [-0.39, 0.29) is 6.42 Å². The Morgan fingerprint density at radius 3 is 2.38 bits per heavy atom. The second-order valence-corrected chi connectivity index (χ2v) is 3.92. The summed E-state index contributed by atoms with van der Waals surface area (Å²) in [5, 5.41) is 8.76. The van der Waals surface area contributed by atoms with Crippen LogP contribution in [0.5, 0.6) is 0 Å². The summed E-state index contributed by atoms with van der Waals surface area (Å²) in [4.78, 5) is 22.3. The van der Waals surface area contributed by atoms with Crippen LogP contribution < -0.4 is 5.73 Å². The van der Waals surface area contributed by atoms with Crippen molar-refractivity contribution in [1.29, 1.82) is 0 Å². The molecule has 0 saturated carbocycles. The summed E-state index contributed by atoms with van der Waals surface area (Å²) in [6.45, 7) is 1.22. The van der Waals surface area contributed by atoms with Gasteiger partial charge in [0, 0.05) is 6.42 Å². The summed E-state index contributed by atoms with van der Waals surface area (Å²) < 4.78 is 0. The van der Waals surface area contributed by atoms with E-state index in [2.05, 4.69) is 0 Å². The van der Waals surface area contributed by atoms with E-state index in [0.717, 1.165) is 5.56 Å². The fraction of sp³-hybridized carbons (Fsp3) is 0.333. The molecule has 0 aliphatic carbocycles. The largest absolute Gasteiger partial charge is 0.480 e. The molecule has 4 nitrogen and oxygen atoms in total. The van der Waals surface area contributed by atoms with Crippen LogP contribution in [0.3, 0.4) is 0 Å². The average Bonchev–Trinajstić information content (AvgIpc) is 2.27. The van der Waals surface area contributed by atoms with E-state index in [1.54, 1.807) is 0 Å². The standard InChI is InChI=1S/C12H15NO3/c1-12(13,11(15)16)10(14)8-7-9-5-3-2-4-6-9/h2-6H,7-8,13H2,1H3,(H,15,16). The fourth-order valence-corrected chi connectivity index (χ4v) is 1.28. The quantitative estimate of drug-likeness (QED) is 0.726. The minimum absolute atomic E-state index is 0.142. The minimum atomic E-state index is -1.78. The number of carboxylic acids is 1. The molecule has 1 unspecified atom stereocenters. The highest BCUT2D eigenvalue weighted by molar-refractivity contribution is 6.07. The van der Waals surface area contributed by atoms with Crippen molar-refractivity contribution < 1.29 is 14.7 Å². The third-order valence-electron chi connectivity index (χ3n) is 2.51. The average molecular weight is 221 g/mol. The molecule has 0 spiro atoms. The zero-order valence-corrected chi connectivity index (χ0v) is 9.14. The van der Waals surface area contributed by atoms with Crippen LogP contribution in [0.4, 0.5) is 0 Å². The summed E-state index contributed by atoms with van der Waals surface area (Å²) in [5.74, 6) is -1.74. The van der Waals surface area contributed by atoms with Crippen molar-refractivity contribution in [3.05, 3.63) is 35.9 Å². The Morgan fingerprint density at radius 1 is 1.31 bits per heavy atom. The third-order valence-corrected chi connectivity index (χ3v) is 2.51. The van der Waals surface area contributed by atoms with E-state index in [9.17, 15) is 9.59 Å². The molecule has 0 radical (unpaired) electrons. The van der Waals surface area contributed by atoms with E-state index in [1.165, 1.54) is 6.92 Å². The number of hydrogen-bond donors (Lipinski definition) is 2. The Balaban J connectivity index is 2.57. The van der Waals surface area contributed by atoms with Gasteiger partial charge in [-0.05, 0) is 18.9 Å². The minimum Gasteiger partial charge on any atom is -0.480 e. The number of hydrogen-bond acceptors (Lipinski definition) is 3. The smallest absolute Gasteiger partial charge is 0.331 e. The number of aryl methyl sites for hydroxylation is 1. The van der Waals surface area contributed by atoms with E-state index in [1.807, 2.05) is 30.3 Å². The van der Waals surface area contributed by atoms with Gasteiger partial charge >= 0.3 is 5.97 Å². The molecule has 0 aliphatic rings. The van der Waals surface area contributed by atoms with E-state index >= 15 is 0 Å². The molecule has 1 aromatic carbocycles. The Hall–Kier alpha value is -1.68. The lowest BCUT2D eigenvalue weighted by Crippen LogP contribution is -2.52. The lowest BCUT2D eigenvalue weighted by atomic mass is 9.93. The molecule has 1 rings (SSSR count). The van der Waals surface area contributed by atoms with E-state index < -0.39 is 17.3 Å². The van der Waals surface area contributed by atoms with Crippen molar-refractivity contribution >= 4 is 11.8 Å². The molecule has 0 bridgehead atoms. The first-order valence-electron chi connectivity index (χ1n) is 5.04. The number of carbonyl (C=O) groups is 2. The number of carbonyl (C=O) groups excluding carboxylic acids is 1. The van der Waals surface area contributed by atoms with Crippen molar-refractivity contribution in [2.45, 2.75) is 25.3 Å². The lowest BCUT2D eigenvalue weighted by Gasteiger charge is -2.17. The highest BCUT2D eigenvalue weighted by Crippen LogP contribution is 2.09. The van der Waals surface area contributed by atoms with Crippen LogP contribution in [0.1, 0.15) is 18.9 Å².